The standard InChI is InChI=1S/C19H23NO2.CH4O3S/c1-13-18-9-15-3-4-16(21)10-17(15)19(13,2)6-7-20(18)11-14-5-8-22-12-14;1-5(2,3)4/h3-5,8,10,12-13,18,21H,6-7,9,11H2,1-2H3;1H3,(H,2,3,4)/t13-,18+,19-;/m1./s1. The molecule has 1 aliphatic heterocycles. The summed E-state index contributed by atoms with van der Waals surface area (Å²) in [5.74, 6) is 0.980. The highest BCUT2D eigenvalue weighted by Gasteiger charge is 2.48. The van der Waals surface area contributed by atoms with Crippen molar-refractivity contribution in [3.8, 4) is 5.75 Å². The molecule has 0 radical (unpaired) electrons. The van der Waals surface area contributed by atoms with E-state index in [4.69, 9.17) is 8.97 Å². The third-order valence-corrected chi connectivity index (χ3v) is 6.07. The van der Waals surface area contributed by atoms with E-state index >= 15 is 0 Å². The third-order valence-electron chi connectivity index (χ3n) is 6.07. The molecular formula is C20H27NO5S. The first kappa shape index (κ1) is 19.9. The van der Waals surface area contributed by atoms with Crippen LogP contribution < -0.4 is 0 Å². The highest BCUT2D eigenvalue weighted by molar-refractivity contribution is 7.85. The van der Waals surface area contributed by atoms with Gasteiger partial charge in [0.15, 0.2) is 0 Å². The number of hydrogen-bond acceptors (Lipinski definition) is 5. The molecule has 2 heterocycles. The van der Waals surface area contributed by atoms with Crippen molar-refractivity contribution in [2.75, 3.05) is 12.8 Å². The van der Waals surface area contributed by atoms with E-state index in [0.717, 1.165) is 25.9 Å². The molecule has 1 aromatic carbocycles. The molecule has 1 saturated heterocycles. The molecule has 7 heteroatoms. The van der Waals surface area contributed by atoms with Gasteiger partial charge < -0.3 is 9.52 Å². The average molecular weight is 394 g/mol. The molecule has 27 heavy (non-hydrogen) atoms. The Labute approximate surface area is 160 Å². The smallest absolute Gasteiger partial charge is 0.261 e. The zero-order valence-corrected chi connectivity index (χ0v) is 16.7. The first-order valence-corrected chi connectivity index (χ1v) is 10.9. The Morgan fingerprint density at radius 1 is 1.33 bits per heavy atom. The number of aromatic hydroxyl groups is 1. The van der Waals surface area contributed by atoms with Crippen molar-refractivity contribution in [2.45, 2.75) is 44.7 Å². The molecule has 2 aliphatic rings. The molecule has 0 amide bonds. The monoisotopic (exact) mass is 393 g/mol. The topological polar surface area (TPSA) is 91.0 Å². The average Bonchev–Trinajstić information content (AvgIpc) is 3.06. The summed E-state index contributed by atoms with van der Waals surface area (Å²) >= 11 is 0. The maximum absolute atomic E-state index is 9.89. The van der Waals surface area contributed by atoms with Gasteiger partial charge in [0.2, 0.25) is 0 Å². The van der Waals surface area contributed by atoms with Crippen LogP contribution in [0.15, 0.2) is 41.2 Å². The number of furan rings is 1. The Kier molecular flexibility index (Phi) is 5.38. The summed E-state index contributed by atoms with van der Waals surface area (Å²) in [7, 11) is -3.67. The highest BCUT2D eigenvalue weighted by Crippen LogP contribution is 2.49. The summed E-state index contributed by atoms with van der Waals surface area (Å²) in [4.78, 5) is 2.60. The van der Waals surface area contributed by atoms with Crippen molar-refractivity contribution in [3.05, 3.63) is 53.5 Å². The van der Waals surface area contributed by atoms with Crippen molar-refractivity contribution in [2.24, 2.45) is 5.92 Å². The van der Waals surface area contributed by atoms with E-state index < -0.39 is 10.1 Å². The Balaban J connectivity index is 0.000000376. The predicted octanol–water partition coefficient (Wildman–Crippen LogP) is 3.21. The van der Waals surface area contributed by atoms with Gasteiger partial charge in [0.05, 0.1) is 18.8 Å². The summed E-state index contributed by atoms with van der Waals surface area (Å²) in [5.41, 5.74) is 4.19. The van der Waals surface area contributed by atoms with E-state index in [1.807, 2.05) is 18.4 Å². The van der Waals surface area contributed by atoms with Crippen LogP contribution in [-0.4, -0.2) is 41.8 Å². The molecule has 2 aromatic rings. The Morgan fingerprint density at radius 3 is 2.67 bits per heavy atom. The number of piperidine rings is 1. The molecular weight excluding hydrogens is 366 g/mol. The largest absolute Gasteiger partial charge is 0.508 e. The van der Waals surface area contributed by atoms with E-state index in [2.05, 4.69) is 30.9 Å². The highest BCUT2D eigenvalue weighted by atomic mass is 32.2. The van der Waals surface area contributed by atoms with Crippen molar-refractivity contribution in [3.63, 3.8) is 0 Å². The van der Waals surface area contributed by atoms with Gasteiger partial charge in [-0.15, -0.1) is 0 Å². The number of phenols is 1. The van der Waals surface area contributed by atoms with Crippen LogP contribution in [0.4, 0.5) is 0 Å². The fourth-order valence-electron chi connectivity index (χ4n) is 4.51. The van der Waals surface area contributed by atoms with Gasteiger partial charge in [-0.2, -0.15) is 8.42 Å². The quantitative estimate of drug-likeness (QED) is 0.762. The first-order chi connectivity index (χ1) is 12.6. The summed E-state index contributed by atoms with van der Waals surface area (Å²) in [6.07, 6.45) is 6.54. The summed E-state index contributed by atoms with van der Waals surface area (Å²) in [6, 6.07) is 8.56. The number of rotatable bonds is 2. The lowest BCUT2D eigenvalue weighted by atomic mass is 9.59. The van der Waals surface area contributed by atoms with Crippen LogP contribution in [0.1, 0.15) is 37.0 Å². The van der Waals surface area contributed by atoms with Gasteiger partial charge in [0.1, 0.15) is 5.75 Å². The molecule has 1 fully saturated rings. The van der Waals surface area contributed by atoms with Gasteiger partial charge in [0.25, 0.3) is 10.1 Å². The van der Waals surface area contributed by atoms with Gasteiger partial charge in [-0.1, -0.05) is 19.9 Å². The normalized spacial score (nSPS) is 27.4. The number of hydrogen-bond donors (Lipinski definition) is 2. The third kappa shape index (κ3) is 4.36. The van der Waals surface area contributed by atoms with Crippen molar-refractivity contribution in [1.29, 1.82) is 0 Å². The number of benzene rings is 1. The van der Waals surface area contributed by atoms with Crippen molar-refractivity contribution >= 4 is 10.1 Å². The van der Waals surface area contributed by atoms with Gasteiger partial charge in [-0.25, -0.2) is 0 Å². The maximum atomic E-state index is 9.89. The molecule has 2 N–H and O–H groups in total. The van der Waals surface area contributed by atoms with E-state index in [1.165, 1.54) is 16.7 Å². The first-order valence-electron chi connectivity index (χ1n) is 9.08. The minimum absolute atomic E-state index is 0.171. The second kappa shape index (κ2) is 7.30. The lowest BCUT2D eigenvalue weighted by molar-refractivity contribution is 0.0257. The second-order valence-corrected chi connectivity index (χ2v) is 9.37. The molecule has 1 aliphatic carbocycles. The molecule has 0 unspecified atom stereocenters. The van der Waals surface area contributed by atoms with Crippen LogP contribution in [-0.2, 0) is 28.5 Å². The number of phenolic OH excluding ortho intramolecular Hbond substituents is 1. The van der Waals surface area contributed by atoms with E-state index in [-0.39, 0.29) is 5.41 Å². The number of fused-ring (bicyclic) bond motifs is 4. The van der Waals surface area contributed by atoms with Crippen LogP contribution in [0, 0.1) is 5.92 Å². The summed E-state index contributed by atoms with van der Waals surface area (Å²) in [6.45, 7) is 6.82. The van der Waals surface area contributed by atoms with Gasteiger partial charge in [0, 0.05) is 18.2 Å². The second-order valence-electron chi connectivity index (χ2n) is 7.90. The molecule has 0 saturated carbocycles. The Hall–Kier alpha value is -1.83. The fraction of sp³-hybridized carbons (Fsp3) is 0.500. The molecule has 3 atom stereocenters. The predicted molar refractivity (Wildman–Crippen MR) is 103 cm³/mol. The van der Waals surface area contributed by atoms with Gasteiger partial charge >= 0.3 is 0 Å². The van der Waals surface area contributed by atoms with Crippen LogP contribution >= 0.6 is 0 Å². The van der Waals surface area contributed by atoms with E-state index in [9.17, 15) is 13.5 Å². The van der Waals surface area contributed by atoms with Crippen LogP contribution in [0.25, 0.3) is 0 Å². The van der Waals surface area contributed by atoms with Crippen LogP contribution in [0.5, 0.6) is 5.75 Å². The summed E-state index contributed by atoms with van der Waals surface area (Å²) in [5, 5.41) is 9.89. The molecule has 4 rings (SSSR count). The fourth-order valence-corrected chi connectivity index (χ4v) is 4.51. The van der Waals surface area contributed by atoms with Crippen LogP contribution in [0.2, 0.25) is 0 Å². The Bertz CT molecular complexity index is 885. The zero-order chi connectivity index (χ0) is 19.8. The number of nitrogens with zero attached hydrogens (tertiary/aromatic N) is 1. The molecule has 6 nitrogen and oxygen atoms in total. The van der Waals surface area contributed by atoms with Crippen molar-refractivity contribution in [1.82, 2.24) is 4.90 Å². The lowest BCUT2D eigenvalue weighted by Gasteiger charge is -2.54. The molecule has 1 aromatic heterocycles. The maximum Gasteiger partial charge on any atom is 0.261 e. The molecule has 2 bridgehead atoms. The van der Waals surface area contributed by atoms with Crippen LogP contribution in [0.3, 0.4) is 0 Å². The zero-order valence-electron chi connectivity index (χ0n) is 15.9. The van der Waals surface area contributed by atoms with Gasteiger partial charge in [-0.3, -0.25) is 9.45 Å². The summed E-state index contributed by atoms with van der Waals surface area (Å²) < 4.78 is 31.1. The minimum atomic E-state index is -3.67. The molecule has 148 valence electrons. The van der Waals surface area contributed by atoms with E-state index in [1.54, 1.807) is 6.26 Å². The molecule has 0 spiro atoms. The van der Waals surface area contributed by atoms with E-state index in [0.29, 0.717) is 24.0 Å². The minimum Gasteiger partial charge on any atom is -0.508 e. The SMILES string of the molecule is CS(=O)(=O)O.C[C@@H]1[C@@H]2Cc3ccc(O)cc3[C@]1(C)CCN2Cc1ccoc1. The number of likely N-dealkylation sites (tertiary alicyclic amines) is 1. The lowest BCUT2D eigenvalue weighted by Crippen LogP contribution is -2.57. The van der Waals surface area contributed by atoms with Crippen molar-refractivity contribution < 1.29 is 22.5 Å². The van der Waals surface area contributed by atoms with Gasteiger partial charge in [-0.05, 0) is 60.0 Å². The Morgan fingerprint density at radius 2 is 2.04 bits per heavy atom.